The highest BCUT2D eigenvalue weighted by atomic mass is 16.5. The molecule has 0 aromatic rings. The number of morpholine rings is 1. The van der Waals surface area contributed by atoms with Crippen molar-refractivity contribution in [1.82, 2.24) is 10.6 Å². The third-order valence-corrected chi connectivity index (χ3v) is 3.17. The van der Waals surface area contributed by atoms with Crippen LogP contribution in [0.25, 0.3) is 0 Å². The van der Waals surface area contributed by atoms with E-state index in [1.807, 2.05) is 0 Å². The molecular formula is C11H20N2O4. The van der Waals surface area contributed by atoms with Crippen LogP contribution in [-0.4, -0.2) is 49.3 Å². The quantitative estimate of drug-likeness (QED) is 0.612. The molecule has 0 aromatic heterocycles. The third-order valence-electron chi connectivity index (χ3n) is 3.17. The first kappa shape index (κ1) is 13.9. The number of carbonyl (C=O) groups excluding carboxylic acids is 1. The van der Waals surface area contributed by atoms with Gasteiger partial charge in [0.15, 0.2) is 0 Å². The molecule has 1 rings (SSSR count). The molecule has 0 saturated carbocycles. The molecule has 6 nitrogen and oxygen atoms in total. The van der Waals surface area contributed by atoms with Crippen LogP contribution in [0.15, 0.2) is 0 Å². The molecule has 6 heteroatoms. The van der Waals surface area contributed by atoms with E-state index in [9.17, 15) is 9.59 Å². The Balaban J connectivity index is 2.43. The molecule has 1 aliphatic rings. The van der Waals surface area contributed by atoms with Gasteiger partial charge < -0.3 is 20.5 Å². The van der Waals surface area contributed by atoms with Crippen LogP contribution in [0.2, 0.25) is 0 Å². The highest BCUT2D eigenvalue weighted by Crippen LogP contribution is 2.19. The van der Waals surface area contributed by atoms with Gasteiger partial charge in [-0.15, -0.1) is 0 Å². The van der Waals surface area contributed by atoms with Crippen molar-refractivity contribution in [3.63, 3.8) is 0 Å². The molecule has 1 heterocycles. The summed E-state index contributed by atoms with van der Waals surface area (Å²) in [7, 11) is 0. The van der Waals surface area contributed by atoms with Gasteiger partial charge >= 0.3 is 5.97 Å². The minimum absolute atomic E-state index is 0.123. The van der Waals surface area contributed by atoms with E-state index >= 15 is 0 Å². The molecule has 2 unspecified atom stereocenters. The van der Waals surface area contributed by atoms with E-state index in [0.29, 0.717) is 19.6 Å². The van der Waals surface area contributed by atoms with E-state index in [-0.39, 0.29) is 12.5 Å². The van der Waals surface area contributed by atoms with Gasteiger partial charge in [0.2, 0.25) is 5.91 Å². The van der Waals surface area contributed by atoms with Crippen LogP contribution < -0.4 is 10.6 Å². The number of hydrogen-bond donors (Lipinski definition) is 3. The zero-order valence-corrected chi connectivity index (χ0v) is 10.3. The van der Waals surface area contributed by atoms with Crippen LogP contribution in [0.3, 0.4) is 0 Å². The normalized spacial score (nSPS) is 23.8. The van der Waals surface area contributed by atoms with Gasteiger partial charge in [-0.05, 0) is 13.3 Å². The fourth-order valence-corrected chi connectivity index (χ4v) is 1.48. The molecule has 98 valence electrons. The smallest absolute Gasteiger partial charge is 0.311 e. The number of carbonyl (C=O) groups is 2. The van der Waals surface area contributed by atoms with E-state index in [4.69, 9.17) is 9.84 Å². The molecule has 0 radical (unpaired) electrons. The topological polar surface area (TPSA) is 87.7 Å². The van der Waals surface area contributed by atoms with Crippen LogP contribution in [0.4, 0.5) is 0 Å². The van der Waals surface area contributed by atoms with Gasteiger partial charge in [-0.2, -0.15) is 0 Å². The Kier molecular flexibility index (Phi) is 4.89. The maximum Gasteiger partial charge on any atom is 0.311 e. The second-order valence-electron chi connectivity index (χ2n) is 4.50. The molecule has 0 bridgehead atoms. The van der Waals surface area contributed by atoms with Crippen LogP contribution in [-0.2, 0) is 14.3 Å². The number of nitrogens with one attached hydrogen (secondary N) is 2. The Morgan fingerprint density at radius 2 is 2.29 bits per heavy atom. The third kappa shape index (κ3) is 3.67. The summed E-state index contributed by atoms with van der Waals surface area (Å²) in [4.78, 5) is 22.8. The lowest BCUT2D eigenvalue weighted by Crippen LogP contribution is -2.50. The summed E-state index contributed by atoms with van der Waals surface area (Å²) >= 11 is 0. The number of hydrogen-bond acceptors (Lipinski definition) is 4. The largest absolute Gasteiger partial charge is 0.481 e. The molecule has 0 aliphatic carbocycles. The van der Waals surface area contributed by atoms with Gasteiger partial charge in [-0.1, -0.05) is 6.92 Å². The van der Waals surface area contributed by atoms with Crippen molar-refractivity contribution in [2.24, 2.45) is 5.41 Å². The lowest BCUT2D eigenvalue weighted by Gasteiger charge is -2.26. The van der Waals surface area contributed by atoms with Crippen molar-refractivity contribution in [3.05, 3.63) is 0 Å². The Bertz CT molecular complexity index is 289. The minimum Gasteiger partial charge on any atom is -0.481 e. The Hall–Kier alpha value is -1.14. The summed E-state index contributed by atoms with van der Waals surface area (Å²) in [5, 5.41) is 14.7. The summed E-state index contributed by atoms with van der Waals surface area (Å²) in [6.45, 7) is 5.25. The first-order valence-electron chi connectivity index (χ1n) is 5.83. The van der Waals surface area contributed by atoms with E-state index in [1.165, 1.54) is 0 Å². The van der Waals surface area contributed by atoms with Gasteiger partial charge in [0.05, 0.1) is 12.0 Å². The van der Waals surface area contributed by atoms with E-state index in [0.717, 1.165) is 6.54 Å². The highest BCUT2D eigenvalue weighted by Gasteiger charge is 2.32. The Morgan fingerprint density at radius 1 is 1.59 bits per heavy atom. The molecule has 0 spiro atoms. The van der Waals surface area contributed by atoms with Crippen LogP contribution >= 0.6 is 0 Å². The predicted molar refractivity (Wildman–Crippen MR) is 61.7 cm³/mol. The van der Waals surface area contributed by atoms with Gasteiger partial charge in [-0.3, -0.25) is 9.59 Å². The number of aliphatic carboxylic acids is 1. The fourth-order valence-electron chi connectivity index (χ4n) is 1.48. The molecule has 1 saturated heterocycles. The number of rotatable bonds is 5. The number of amides is 1. The average Bonchev–Trinajstić information content (AvgIpc) is 2.36. The van der Waals surface area contributed by atoms with Crippen LogP contribution in [0.1, 0.15) is 20.3 Å². The van der Waals surface area contributed by atoms with Gasteiger partial charge in [0, 0.05) is 19.6 Å². The lowest BCUT2D eigenvalue weighted by atomic mass is 9.87. The standard InChI is InChI=1S/C11H20N2O4/c1-3-11(2,10(15)16)7-13-9(14)8-6-12-4-5-17-8/h8,12H,3-7H2,1-2H3,(H,13,14)(H,15,16). The summed E-state index contributed by atoms with van der Waals surface area (Å²) in [6, 6.07) is 0. The first-order chi connectivity index (χ1) is 7.99. The van der Waals surface area contributed by atoms with Crippen molar-refractivity contribution in [2.75, 3.05) is 26.2 Å². The summed E-state index contributed by atoms with van der Waals surface area (Å²) in [6.07, 6.45) is -0.0505. The van der Waals surface area contributed by atoms with Gasteiger partial charge in [0.25, 0.3) is 0 Å². The molecule has 1 aliphatic heterocycles. The second kappa shape index (κ2) is 5.97. The predicted octanol–water partition coefficient (Wildman–Crippen LogP) is -0.408. The molecule has 1 amide bonds. The van der Waals surface area contributed by atoms with Crippen molar-refractivity contribution in [1.29, 1.82) is 0 Å². The monoisotopic (exact) mass is 244 g/mol. The molecule has 17 heavy (non-hydrogen) atoms. The number of ether oxygens (including phenoxy) is 1. The molecule has 0 aromatic carbocycles. The highest BCUT2D eigenvalue weighted by molar-refractivity contribution is 5.82. The lowest BCUT2D eigenvalue weighted by molar-refractivity contribution is -0.148. The van der Waals surface area contributed by atoms with Crippen molar-refractivity contribution >= 4 is 11.9 Å². The summed E-state index contributed by atoms with van der Waals surface area (Å²) in [5.41, 5.74) is -0.919. The SMILES string of the molecule is CCC(C)(CNC(=O)C1CNCCO1)C(=O)O. The van der Waals surface area contributed by atoms with Gasteiger partial charge in [0.1, 0.15) is 6.10 Å². The zero-order chi connectivity index (χ0) is 12.9. The number of carboxylic acids is 1. The second-order valence-corrected chi connectivity index (χ2v) is 4.50. The Labute approximate surface area is 101 Å². The average molecular weight is 244 g/mol. The first-order valence-corrected chi connectivity index (χ1v) is 5.83. The van der Waals surface area contributed by atoms with E-state index in [2.05, 4.69) is 10.6 Å². The maximum atomic E-state index is 11.7. The van der Waals surface area contributed by atoms with Crippen molar-refractivity contribution in [3.8, 4) is 0 Å². The van der Waals surface area contributed by atoms with Crippen molar-refractivity contribution < 1.29 is 19.4 Å². The fraction of sp³-hybridized carbons (Fsp3) is 0.818. The zero-order valence-electron chi connectivity index (χ0n) is 10.3. The number of carboxylic acid groups (broad SMARTS) is 1. The molecule has 2 atom stereocenters. The Morgan fingerprint density at radius 3 is 2.76 bits per heavy atom. The summed E-state index contributed by atoms with van der Waals surface area (Å²) in [5.74, 6) is -1.15. The molecular weight excluding hydrogens is 224 g/mol. The maximum absolute atomic E-state index is 11.7. The van der Waals surface area contributed by atoms with E-state index < -0.39 is 17.5 Å². The van der Waals surface area contributed by atoms with E-state index in [1.54, 1.807) is 13.8 Å². The van der Waals surface area contributed by atoms with Crippen LogP contribution in [0.5, 0.6) is 0 Å². The van der Waals surface area contributed by atoms with Crippen LogP contribution in [0, 0.1) is 5.41 Å². The summed E-state index contributed by atoms with van der Waals surface area (Å²) < 4.78 is 5.28. The van der Waals surface area contributed by atoms with Gasteiger partial charge in [-0.25, -0.2) is 0 Å². The minimum atomic E-state index is -0.919. The molecule has 1 fully saturated rings. The van der Waals surface area contributed by atoms with Crippen molar-refractivity contribution in [2.45, 2.75) is 26.4 Å². The molecule has 3 N–H and O–H groups in total.